The van der Waals surface area contributed by atoms with E-state index in [2.05, 4.69) is 31.1 Å². The molecular weight excluding hydrogens is 246 g/mol. The van der Waals surface area contributed by atoms with Crippen molar-refractivity contribution in [3.8, 4) is 0 Å². The molecule has 0 spiro atoms. The molecule has 0 radical (unpaired) electrons. The number of halogens is 1. The molecule has 18 heavy (non-hydrogen) atoms. The summed E-state index contributed by atoms with van der Waals surface area (Å²) in [6, 6.07) is 7.96. The summed E-state index contributed by atoms with van der Waals surface area (Å²) in [5, 5.41) is 13.7. The molecule has 0 amide bonds. The Morgan fingerprint density at radius 1 is 1.33 bits per heavy atom. The molecule has 0 bridgehead atoms. The van der Waals surface area contributed by atoms with Gasteiger partial charge in [0.1, 0.15) is 0 Å². The fraction of sp³-hybridized carbons (Fsp3) is 0.533. The molecule has 98 valence electrons. The molecule has 1 N–H and O–H groups in total. The van der Waals surface area contributed by atoms with E-state index in [1.54, 1.807) is 0 Å². The van der Waals surface area contributed by atoms with E-state index in [0.717, 1.165) is 30.0 Å². The Hall–Kier alpha value is -1.02. The SMILES string of the molecule is CC(C)C/C(=N\O)C1(c2ccc(Cl)cc2)CCC1. The normalized spacial score (nSPS) is 18.8. The van der Waals surface area contributed by atoms with Gasteiger partial charge in [0, 0.05) is 10.4 Å². The van der Waals surface area contributed by atoms with Crippen LogP contribution in [-0.4, -0.2) is 10.9 Å². The first-order valence-corrected chi connectivity index (χ1v) is 6.94. The van der Waals surface area contributed by atoms with Crippen molar-refractivity contribution >= 4 is 17.3 Å². The number of nitrogens with zero attached hydrogens (tertiary/aromatic N) is 1. The Kier molecular flexibility index (Phi) is 3.96. The molecule has 3 heteroatoms. The molecule has 0 aliphatic heterocycles. The first-order chi connectivity index (χ1) is 8.58. The largest absolute Gasteiger partial charge is 0.411 e. The van der Waals surface area contributed by atoms with Crippen molar-refractivity contribution in [3.05, 3.63) is 34.9 Å². The lowest BCUT2D eigenvalue weighted by molar-refractivity contribution is 0.282. The second-order valence-corrected chi connectivity index (χ2v) is 6.02. The fourth-order valence-electron chi connectivity index (χ4n) is 2.76. The van der Waals surface area contributed by atoms with Crippen molar-refractivity contribution in [3.63, 3.8) is 0 Å². The highest BCUT2D eigenvalue weighted by Crippen LogP contribution is 2.46. The molecule has 1 aromatic rings. The van der Waals surface area contributed by atoms with Crippen LogP contribution >= 0.6 is 11.6 Å². The lowest BCUT2D eigenvalue weighted by Crippen LogP contribution is -2.43. The third-order valence-corrected chi connectivity index (χ3v) is 4.13. The average Bonchev–Trinajstić information content (AvgIpc) is 2.28. The topological polar surface area (TPSA) is 32.6 Å². The highest BCUT2D eigenvalue weighted by atomic mass is 35.5. The van der Waals surface area contributed by atoms with E-state index in [0.29, 0.717) is 5.92 Å². The highest BCUT2D eigenvalue weighted by Gasteiger charge is 2.43. The molecule has 1 aliphatic rings. The Morgan fingerprint density at radius 2 is 1.94 bits per heavy atom. The standard InChI is InChI=1S/C15H20ClNO/c1-11(2)10-14(17-18)15(8-3-9-15)12-4-6-13(16)7-5-12/h4-7,11,18H,3,8-10H2,1-2H3/b17-14+. The third kappa shape index (κ3) is 2.39. The maximum atomic E-state index is 9.35. The molecule has 1 aliphatic carbocycles. The second kappa shape index (κ2) is 5.31. The number of benzene rings is 1. The van der Waals surface area contributed by atoms with Crippen LogP contribution < -0.4 is 0 Å². The van der Waals surface area contributed by atoms with Gasteiger partial charge in [-0.3, -0.25) is 0 Å². The van der Waals surface area contributed by atoms with Crippen LogP contribution in [0.4, 0.5) is 0 Å². The number of oxime groups is 1. The summed E-state index contributed by atoms with van der Waals surface area (Å²) in [6.45, 7) is 4.30. The maximum Gasteiger partial charge on any atom is 0.0678 e. The molecule has 1 aromatic carbocycles. The quantitative estimate of drug-likeness (QED) is 0.480. The number of hydrogen-bond donors (Lipinski definition) is 1. The summed E-state index contributed by atoms with van der Waals surface area (Å²) in [6.07, 6.45) is 4.18. The molecule has 1 fully saturated rings. The van der Waals surface area contributed by atoms with E-state index in [4.69, 9.17) is 11.6 Å². The molecule has 0 aromatic heterocycles. The lowest BCUT2D eigenvalue weighted by Gasteiger charge is -2.43. The van der Waals surface area contributed by atoms with Crippen LogP contribution in [-0.2, 0) is 5.41 Å². The molecule has 0 atom stereocenters. The summed E-state index contributed by atoms with van der Waals surface area (Å²) >= 11 is 5.94. The van der Waals surface area contributed by atoms with Gasteiger partial charge in [-0.25, -0.2) is 0 Å². The van der Waals surface area contributed by atoms with E-state index in [-0.39, 0.29) is 5.41 Å². The van der Waals surface area contributed by atoms with Gasteiger partial charge in [-0.05, 0) is 42.9 Å². The van der Waals surface area contributed by atoms with Crippen molar-refractivity contribution in [2.75, 3.05) is 0 Å². The molecule has 1 saturated carbocycles. The molecule has 2 rings (SSSR count). The van der Waals surface area contributed by atoms with Gasteiger partial charge in [0.2, 0.25) is 0 Å². The zero-order chi connectivity index (χ0) is 13.2. The third-order valence-electron chi connectivity index (χ3n) is 3.88. The summed E-state index contributed by atoms with van der Waals surface area (Å²) in [5.74, 6) is 0.501. The van der Waals surface area contributed by atoms with Crippen molar-refractivity contribution in [2.45, 2.75) is 44.9 Å². The lowest BCUT2D eigenvalue weighted by atomic mass is 9.60. The van der Waals surface area contributed by atoms with Gasteiger partial charge >= 0.3 is 0 Å². The van der Waals surface area contributed by atoms with E-state index in [1.807, 2.05) is 12.1 Å². The van der Waals surface area contributed by atoms with E-state index >= 15 is 0 Å². The van der Waals surface area contributed by atoms with Crippen LogP contribution in [0.25, 0.3) is 0 Å². The van der Waals surface area contributed by atoms with Crippen LogP contribution in [0.15, 0.2) is 29.4 Å². The minimum atomic E-state index is -0.0520. The van der Waals surface area contributed by atoms with Crippen LogP contribution in [0.5, 0.6) is 0 Å². The second-order valence-electron chi connectivity index (χ2n) is 5.59. The maximum absolute atomic E-state index is 9.35. The average molecular weight is 266 g/mol. The van der Waals surface area contributed by atoms with Crippen LogP contribution in [0, 0.1) is 5.92 Å². The van der Waals surface area contributed by atoms with E-state index in [9.17, 15) is 5.21 Å². The monoisotopic (exact) mass is 265 g/mol. The van der Waals surface area contributed by atoms with E-state index in [1.165, 1.54) is 12.0 Å². The summed E-state index contributed by atoms with van der Waals surface area (Å²) in [4.78, 5) is 0. The Labute approximate surface area is 114 Å². The zero-order valence-corrected chi connectivity index (χ0v) is 11.7. The van der Waals surface area contributed by atoms with Gasteiger partial charge in [0.25, 0.3) is 0 Å². The Morgan fingerprint density at radius 3 is 2.33 bits per heavy atom. The molecule has 0 unspecified atom stereocenters. The first-order valence-electron chi connectivity index (χ1n) is 6.56. The van der Waals surface area contributed by atoms with Crippen molar-refractivity contribution in [1.82, 2.24) is 0 Å². The van der Waals surface area contributed by atoms with Crippen LogP contribution in [0.3, 0.4) is 0 Å². The summed E-state index contributed by atoms with van der Waals surface area (Å²) in [7, 11) is 0. The van der Waals surface area contributed by atoms with Gasteiger partial charge in [-0.15, -0.1) is 0 Å². The van der Waals surface area contributed by atoms with Gasteiger partial charge < -0.3 is 5.21 Å². The minimum absolute atomic E-state index is 0.0520. The zero-order valence-electron chi connectivity index (χ0n) is 11.0. The predicted molar refractivity (Wildman–Crippen MR) is 75.7 cm³/mol. The van der Waals surface area contributed by atoms with Gasteiger partial charge in [0.05, 0.1) is 5.71 Å². The Bertz CT molecular complexity index is 432. The van der Waals surface area contributed by atoms with Gasteiger partial charge in [-0.1, -0.05) is 49.2 Å². The molecule has 0 saturated heterocycles. The first kappa shape index (κ1) is 13.4. The van der Waals surface area contributed by atoms with Crippen molar-refractivity contribution in [1.29, 1.82) is 0 Å². The Balaban J connectivity index is 2.32. The van der Waals surface area contributed by atoms with Gasteiger partial charge in [0.15, 0.2) is 0 Å². The van der Waals surface area contributed by atoms with Crippen molar-refractivity contribution in [2.24, 2.45) is 11.1 Å². The van der Waals surface area contributed by atoms with Crippen molar-refractivity contribution < 1.29 is 5.21 Å². The smallest absolute Gasteiger partial charge is 0.0678 e. The fourth-order valence-corrected chi connectivity index (χ4v) is 2.89. The predicted octanol–water partition coefficient (Wildman–Crippen LogP) is 4.64. The molecule has 0 heterocycles. The van der Waals surface area contributed by atoms with Gasteiger partial charge in [-0.2, -0.15) is 0 Å². The summed E-state index contributed by atoms with van der Waals surface area (Å²) in [5.41, 5.74) is 2.10. The van der Waals surface area contributed by atoms with Crippen LogP contribution in [0.1, 0.15) is 45.1 Å². The van der Waals surface area contributed by atoms with E-state index < -0.39 is 0 Å². The highest BCUT2D eigenvalue weighted by molar-refractivity contribution is 6.30. The number of hydrogen-bond acceptors (Lipinski definition) is 2. The number of rotatable bonds is 4. The molecule has 2 nitrogen and oxygen atoms in total. The van der Waals surface area contributed by atoms with Crippen LogP contribution in [0.2, 0.25) is 5.02 Å². The summed E-state index contributed by atoms with van der Waals surface area (Å²) < 4.78 is 0. The minimum Gasteiger partial charge on any atom is -0.411 e. The molecular formula is C15H20ClNO.